The summed E-state index contributed by atoms with van der Waals surface area (Å²) in [7, 11) is 1.43. The van der Waals surface area contributed by atoms with Crippen molar-refractivity contribution in [3.05, 3.63) is 34.9 Å². The summed E-state index contributed by atoms with van der Waals surface area (Å²) in [6.07, 6.45) is -0.732. The molecule has 1 saturated heterocycles. The van der Waals surface area contributed by atoms with Crippen LogP contribution in [0.3, 0.4) is 0 Å². The molecule has 0 radical (unpaired) electrons. The van der Waals surface area contributed by atoms with E-state index in [1.165, 1.54) is 24.9 Å². The van der Waals surface area contributed by atoms with Gasteiger partial charge in [-0.15, -0.1) is 0 Å². The van der Waals surface area contributed by atoms with Crippen molar-refractivity contribution in [2.45, 2.75) is 19.1 Å². The average Bonchev–Trinajstić information content (AvgIpc) is 2.79. The maximum Gasteiger partial charge on any atom is 0.259 e. The van der Waals surface area contributed by atoms with E-state index in [4.69, 9.17) is 0 Å². The number of benzene rings is 1. The molecular weight excluding hydrogens is 254 g/mol. The van der Waals surface area contributed by atoms with Gasteiger partial charge in [-0.05, 0) is 18.6 Å². The SMILES string of the molecule is Cc1ccc(F)c(C(=O)N(C)[C@H]2CNC[C@@H]2O)c1F. The molecule has 1 aromatic carbocycles. The van der Waals surface area contributed by atoms with E-state index in [9.17, 15) is 18.7 Å². The van der Waals surface area contributed by atoms with Crippen molar-refractivity contribution in [1.82, 2.24) is 10.2 Å². The smallest absolute Gasteiger partial charge is 0.259 e. The van der Waals surface area contributed by atoms with E-state index in [0.29, 0.717) is 13.1 Å². The van der Waals surface area contributed by atoms with Gasteiger partial charge in [0.15, 0.2) is 0 Å². The molecule has 1 heterocycles. The fourth-order valence-corrected chi connectivity index (χ4v) is 2.23. The highest BCUT2D eigenvalue weighted by Crippen LogP contribution is 2.20. The van der Waals surface area contributed by atoms with E-state index in [2.05, 4.69) is 5.32 Å². The number of carbonyl (C=O) groups is 1. The van der Waals surface area contributed by atoms with Gasteiger partial charge in [-0.1, -0.05) is 6.07 Å². The van der Waals surface area contributed by atoms with Crippen molar-refractivity contribution in [2.75, 3.05) is 20.1 Å². The Balaban J connectivity index is 2.31. The summed E-state index contributed by atoms with van der Waals surface area (Å²) in [5, 5.41) is 12.6. The van der Waals surface area contributed by atoms with Crippen molar-refractivity contribution >= 4 is 5.91 Å². The molecule has 0 unspecified atom stereocenters. The summed E-state index contributed by atoms with van der Waals surface area (Å²) in [6, 6.07) is 1.88. The maximum atomic E-state index is 13.9. The summed E-state index contributed by atoms with van der Waals surface area (Å²) >= 11 is 0. The second-order valence-corrected chi connectivity index (χ2v) is 4.76. The number of aliphatic hydroxyl groups is 1. The Morgan fingerprint density at radius 3 is 2.68 bits per heavy atom. The van der Waals surface area contributed by atoms with Crippen LogP contribution in [-0.2, 0) is 0 Å². The van der Waals surface area contributed by atoms with Gasteiger partial charge in [0.1, 0.15) is 17.2 Å². The molecular formula is C13H16F2N2O2. The number of hydrogen-bond acceptors (Lipinski definition) is 3. The van der Waals surface area contributed by atoms with Gasteiger partial charge in [0.05, 0.1) is 12.1 Å². The van der Waals surface area contributed by atoms with Crippen LogP contribution < -0.4 is 5.32 Å². The van der Waals surface area contributed by atoms with Crippen molar-refractivity contribution in [2.24, 2.45) is 0 Å². The highest BCUT2D eigenvalue weighted by molar-refractivity contribution is 5.95. The molecule has 0 aliphatic carbocycles. The van der Waals surface area contributed by atoms with E-state index < -0.39 is 35.3 Å². The first-order chi connectivity index (χ1) is 8.93. The van der Waals surface area contributed by atoms with E-state index in [-0.39, 0.29) is 5.56 Å². The van der Waals surface area contributed by atoms with Crippen LogP contribution in [0.15, 0.2) is 12.1 Å². The molecule has 1 aliphatic rings. The van der Waals surface area contributed by atoms with Crippen LogP contribution in [0.1, 0.15) is 15.9 Å². The molecule has 6 heteroatoms. The predicted octanol–water partition coefficient (Wildman–Crippen LogP) is 0.678. The van der Waals surface area contributed by atoms with Crippen molar-refractivity contribution in [3.63, 3.8) is 0 Å². The molecule has 2 atom stereocenters. The Morgan fingerprint density at radius 2 is 2.11 bits per heavy atom. The molecule has 0 bridgehead atoms. The minimum Gasteiger partial charge on any atom is -0.390 e. The molecule has 0 aromatic heterocycles. The van der Waals surface area contributed by atoms with Gasteiger partial charge in [0.2, 0.25) is 0 Å². The Labute approximate surface area is 110 Å². The number of halogens is 2. The number of carbonyl (C=O) groups excluding carboxylic acids is 1. The number of β-amino-alcohol motifs (C(OH)–C–C–N with tert-alkyl or cyclic N) is 1. The molecule has 104 valence electrons. The normalized spacial score (nSPS) is 22.6. The molecule has 0 saturated carbocycles. The third-order valence-electron chi connectivity index (χ3n) is 3.47. The van der Waals surface area contributed by atoms with E-state index >= 15 is 0 Å². The average molecular weight is 270 g/mol. The summed E-state index contributed by atoms with van der Waals surface area (Å²) in [6.45, 7) is 2.23. The van der Waals surface area contributed by atoms with Gasteiger partial charge in [-0.2, -0.15) is 0 Å². The first-order valence-corrected chi connectivity index (χ1v) is 6.04. The molecule has 1 amide bonds. The molecule has 4 nitrogen and oxygen atoms in total. The molecule has 1 fully saturated rings. The van der Waals surface area contributed by atoms with Crippen LogP contribution in [0, 0.1) is 18.6 Å². The van der Waals surface area contributed by atoms with Gasteiger partial charge in [-0.3, -0.25) is 4.79 Å². The third kappa shape index (κ3) is 2.46. The van der Waals surface area contributed by atoms with Crippen LogP contribution in [0.5, 0.6) is 0 Å². The highest BCUT2D eigenvalue weighted by Gasteiger charge is 2.33. The Bertz CT molecular complexity index is 508. The van der Waals surface area contributed by atoms with Gasteiger partial charge in [0.25, 0.3) is 5.91 Å². The number of hydrogen-bond donors (Lipinski definition) is 2. The number of rotatable bonds is 2. The fraction of sp³-hybridized carbons (Fsp3) is 0.462. The molecule has 19 heavy (non-hydrogen) atoms. The van der Waals surface area contributed by atoms with Crippen molar-refractivity contribution in [1.29, 1.82) is 0 Å². The van der Waals surface area contributed by atoms with Gasteiger partial charge >= 0.3 is 0 Å². The lowest BCUT2D eigenvalue weighted by Crippen LogP contribution is -2.44. The molecule has 2 N–H and O–H groups in total. The summed E-state index contributed by atoms with van der Waals surface area (Å²) in [5.74, 6) is -2.50. The number of nitrogens with zero attached hydrogens (tertiary/aromatic N) is 1. The van der Waals surface area contributed by atoms with Crippen LogP contribution in [-0.4, -0.2) is 48.2 Å². The zero-order valence-electron chi connectivity index (χ0n) is 10.8. The fourth-order valence-electron chi connectivity index (χ4n) is 2.23. The maximum absolute atomic E-state index is 13.9. The molecule has 1 aromatic rings. The van der Waals surface area contributed by atoms with Gasteiger partial charge in [0, 0.05) is 20.1 Å². The number of aliphatic hydroxyl groups excluding tert-OH is 1. The van der Waals surface area contributed by atoms with E-state index in [0.717, 1.165) is 6.07 Å². The van der Waals surface area contributed by atoms with E-state index in [1.54, 1.807) is 0 Å². The largest absolute Gasteiger partial charge is 0.390 e. The second-order valence-electron chi connectivity index (χ2n) is 4.76. The topological polar surface area (TPSA) is 52.6 Å². The van der Waals surface area contributed by atoms with Crippen molar-refractivity contribution < 1.29 is 18.7 Å². The lowest BCUT2D eigenvalue weighted by molar-refractivity contribution is 0.0572. The zero-order chi connectivity index (χ0) is 14.2. The Morgan fingerprint density at radius 1 is 1.42 bits per heavy atom. The quantitative estimate of drug-likeness (QED) is 0.831. The molecule has 2 rings (SSSR count). The lowest BCUT2D eigenvalue weighted by Gasteiger charge is -2.26. The number of amides is 1. The number of nitrogens with one attached hydrogen (secondary N) is 1. The molecule has 1 aliphatic heterocycles. The highest BCUT2D eigenvalue weighted by atomic mass is 19.1. The minimum atomic E-state index is -0.889. The number of likely N-dealkylation sites (N-methyl/N-ethyl adjacent to an activating group) is 1. The van der Waals surface area contributed by atoms with Crippen LogP contribution in [0.4, 0.5) is 8.78 Å². The van der Waals surface area contributed by atoms with Crippen LogP contribution in [0.2, 0.25) is 0 Å². The second kappa shape index (κ2) is 5.22. The third-order valence-corrected chi connectivity index (χ3v) is 3.47. The minimum absolute atomic E-state index is 0.211. The predicted molar refractivity (Wildman–Crippen MR) is 65.9 cm³/mol. The zero-order valence-corrected chi connectivity index (χ0v) is 10.8. The Kier molecular flexibility index (Phi) is 3.82. The van der Waals surface area contributed by atoms with Gasteiger partial charge in [-0.25, -0.2) is 8.78 Å². The first kappa shape index (κ1) is 13.9. The number of aryl methyl sites for hydroxylation is 1. The lowest BCUT2D eigenvalue weighted by atomic mass is 10.1. The van der Waals surface area contributed by atoms with E-state index in [1.807, 2.05) is 0 Å². The summed E-state index contributed by atoms with van der Waals surface area (Å²) < 4.78 is 27.6. The summed E-state index contributed by atoms with van der Waals surface area (Å²) in [5.41, 5.74) is -0.357. The van der Waals surface area contributed by atoms with Gasteiger partial charge < -0.3 is 15.3 Å². The van der Waals surface area contributed by atoms with Crippen molar-refractivity contribution in [3.8, 4) is 0 Å². The standard InChI is InChI=1S/C13H16F2N2O2/c1-7-3-4-8(14)11(12(7)15)13(19)17(2)9-5-16-6-10(9)18/h3-4,9-10,16,18H,5-6H2,1-2H3/t9-,10-/m0/s1. The van der Waals surface area contributed by atoms with Crippen LogP contribution >= 0.6 is 0 Å². The summed E-state index contributed by atoms with van der Waals surface area (Å²) in [4.78, 5) is 13.4. The Hall–Kier alpha value is -1.53. The monoisotopic (exact) mass is 270 g/mol. The molecule has 0 spiro atoms. The van der Waals surface area contributed by atoms with Crippen LogP contribution in [0.25, 0.3) is 0 Å². The first-order valence-electron chi connectivity index (χ1n) is 6.04.